The lowest BCUT2D eigenvalue weighted by atomic mass is 10.3. The first kappa shape index (κ1) is 11.5. The second-order valence-electron chi connectivity index (χ2n) is 3.06. The molecule has 0 saturated carbocycles. The average molecular weight is 206 g/mol. The number of para-hydroxylation sites is 1. The molecule has 80 valence electrons. The highest BCUT2D eigenvalue weighted by atomic mass is 16.7. The molecule has 0 bridgehead atoms. The fraction of sp³-hybridized carbons (Fsp3) is 0.250. The maximum atomic E-state index is 10.4. The molecule has 0 amide bonds. The summed E-state index contributed by atoms with van der Waals surface area (Å²) in [5.74, 6) is 0.708. The van der Waals surface area contributed by atoms with Gasteiger partial charge in [0.1, 0.15) is 12.0 Å². The van der Waals surface area contributed by atoms with Crippen LogP contribution in [0.5, 0.6) is 5.75 Å². The standard InChI is InChI=1S/C12H14O3/c1-10(9-13)8-12(14-2)15-11-6-4-3-5-7-11/h3-9,12H,1-2H3/b10-8+. The molecule has 0 aliphatic heterocycles. The molecule has 0 spiro atoms. The van der Waals surface area contributed by atoms with E-state index in [2.05, 4.69) is 0 Å². The van der Waals surface area contributed by atoms with Gasteiger partial charge in [-0.15, -0.1) is 0 Å². The largest absolute Gasteiger partial charge is 0.461 e. The van der Waals surface area contributed by atoms with Gasteiger partial charge in [-0.3, -0.25) is 4.79 Å². The number of hydrogen-bond acceptors (Lipinski definition) is 3. The number of ether oxygens (including phenoxy) is 2. The van der Waals surface area contributed by atoms with Crippen molar-refractivity contribution in [2.45, 2.75) is 13.2 Å². The molecule has 1 atom stereocenters. The zero-order valence-electron chi connectivity index (χ0n) is 8.84. The van der Waals surface area contributed by atoms with E-state index >= 15 is 0 Å². The van der Waals surface area contributed by atoms with Crippen LogP contribution in [0.3, 0.4) is 0 Å². The van der Waals surface area contributed by atoms with E-state index in [1.807, 2.05) is 30.3 Å². The lowest BCUT2D eigenvalue weighted by molar-refractivity contribution is -0.105. The van der Waals surface area contributed by atoms with Crippen LogP contribution in [0.2, 0.25) is 0 Å². The number of allylic oxidation sites excluding steroid dienone is 1. The Morgan fingerprint density at radius 2 is 2.00 bits per heavy atom. The van der Waals surface area contributed by atoms with Crippen LogP contribution >= 0.6 is 0 Å². The van der Waals surface area contributed by atoms with E-state index < -0.39 is 6.29 Å². The van der Waals surface area contributed by atoms with Crippen molar-refractivity contribution in [3.63, 3.8) is 0 Å². The van der Waals surface area contributed by atoms with Gasteiger partial charge in [-0.05, 0) is 30.7 Å². The molecule has 0 saturated heterocycles. The molecule has 0 aliphatic carbocycles. The third-order valence-corrected chi connectivity index (χ3v) is 1.81. The minimum atomic E-state index is -0.530. The van der Waals surface area contributed by atoms with Crippen molar-refractivity contribution in [1.29, 1.82) is 0 Å². The first-order chi connectivity index (χ1) is 7.26. The molecule has 0 aliphatic rings. The third-order valence-electron chi connectivity index (χ3n) is 1.81. The van der Waals surface area contributed by atoms with Crippen LogP contribution in [-0.2, 0) is 9.53 Å². The lowest BCUT2D eigenvalue weighted by Gasteiger charge is -2.13. The van der Waals surface area contributed by atoms with Gasteiger partial charge in [0.2, 0.25) is 6.29 Å². The number of methoxy groups -OCH3 is 1. The smallest absolute Gasteiger partial charge is 0.220 e. The molecule has 1 aromatic carbocycles. The van der Waals surface area contributed by atoms with Gasteiger partial charge in [0.15, 0.2) is 0 Å². The van der Waals surface area contributed by atoms with Gasteiger partial charge >= 0.3 is 0 Å². The van der Waals surface area contributed by atoms with E-state index in [1.165, 1.54) is 7.11 Å². The summed E-state index contributed by atoms with van der Waals surface area (Å²) in [5, 5.41) is 0. The van der Waals surface area contributed by atoms with Crippen molar-refractivity contribution in [3.05, 3.63) is 42.0 Å². The summed E-state index contributed by atoms with van der Waals surface area (Å²) in [4.78, 5) is 10.4. The summed E-state index contributed by atoms with van der Waals surface area (Å²) in [6.07, 6.45) is 1.86. The van der Waals surface area contributed by atoms with Crippen molar-refractivity contribution in [3.8, 4) is 5.75 Å². The Hall–Kier alpha value is -1.61. The van der Waals surface area contributed by atoms with Crippen molar-refractivity contribution >= 4 is 6.29 Å². The van der Waals surface area contributed by atoms with Crippen LogP contribution in [-0.4, -0.2) is 19.7 Å². The Kier molecular flexibility index (Phi) is 4.57. The number of benzene rings is 1. The zero-order valence-corrected chi connectivity index (χ0v) is 8.84. The molecule has 1 aromatic rings. The van der Waals surface area contributed by atoms with Crippen LogP contribution in [0, 0.1) is 0 Å². The molecule has 0 fully saturated rings. The van der Waals surface area contributed by atoms with Crippen LogP contribution in [0.15, 0.2) is 42.0 Å². The molecular weight excluding hydrogens is 192 g/mol. The molecule has 1 rings (SSSR count). The van der Waals surface area contributed by atoms with Crippen LogP contribution in [0.1, 0.15) is 6.92 Å². The van der Waals surface area contributed by atoms with Gasteiger partial charge in [-0.1, -0.05) is 18.2 Å². The summed E-state index contributed by atoms with van der Waals surface area (Å²) >= 11 is 0. The number of rotatable bonds is 5. The van der Waals surface area contributed by atoms with Gasteiger partial charge in [0.05, 0.1) is 0 Å². The highest BCUT2D eigenvalue weighted by Crippen LogP contribution is 2.12. The van der Waals surface area contributed by atoms with Crippen LogP contribution in [0.4, 0.5) is 0 Å². The highest BCUT2D eigenvalue weighted by molar-refractivity contribution is 5.72. The van der Waals surface area contributed by atoms with Crippen molar-refractivity contribution in [1.82, 2.24) is 0 Å². The number of carbonyl (C=O) groups excluding carboxylic acids is 1. The lowest BCUT2D eigenvalue weighted by Crippen LogP contribution is -2.16. The van der Waals surface area contributed by atoms with Gasteiger partial charge in [0.25, 0.3) is 0 Å². The zero-order chi connectivity index (χ0) is 11.1. The van der Waals surface area contributed by atoms with E-state index in [-0.39, 0.29) is 0 Å². The molecule has 0 radical (unpaired) electrons. The summed E-state index contributed by atoms with van der Waals surface area (Å²) in [6, 6.07) is 9.31. The molecule has 1 unspecified atom stereocenters. The third kappa shape index (κ3) is 3.95. The van der Waals surface area contributed by atoms with E-state index in [0.29, 0.717) is 11.3 Å². The van der Waals surface area contributed by atoms with Gasteiger partial charge in [-0.2, -0.15) is 0 Å². The Morgan fingerprint density at radius 1 is 1.33 bits per heavy atom. The summed E-state index contributed by atoms with van der Waals surface area (Å²) in [6.45, 7) is 1.70. The molecule has 15 heavy (non-hydrogen) atoms. The Balaban J connectivity index is 2.66. The second-order valence-corrected chi connectivity index (χ2v) is 3.06. The predicted molar refractivity (Wildman–Crippen MR) is 57.7 cm³/mol. The first-order valence-electron chi connectivity index (χ1n) is 4.64. The SMILES string of the molecule is COC(/C=C(\C)C=O)Oc1ccccc1. The number of aldehydes is 1. The van der Waals surface area contributed by atoms with Gasteiger partial charge in [-0.25, -0.2) is 0 Å². The molecule has 0 heterocycles. The Bertz CT molecular complexity index is 330. The van der Waals surface area contributed by atoms with Gasteiger partial charge in [0, 0.05) is 7.11 Å². The van der Waals surface area contributed by atoms with Crippen LogP contribution < -0.4 is 4.74 Å². The maximum absolute atomic E-state index is 10.4. The van der Waals surface area contributed by atoms with Crippen LogP contribution in [0.25, 0.3) is 0 Å². The monoisotopic (exact) mass is 206 g/mol. The quantitative estimate of drug-likeness (QED) is 0.421. The van der Waals surface area contributed by atoms with Crippen molar-refractivity contribution in [2.24, 2.45) is 0 Å². The average Bonchev–Trinajstić information content (AvgIpc) is 2.29. The maximum Gasteiger partial charge on any atom is 0.220 e. The fourth-order valence-electron chi connectivity index (χ4n) is 1.04. The highest BCUT2D eigenvalue weighted by Gasteiger charge is 2.05. The summed E-state index contributed by atoms with van der Waals surface area (Å²) in [5.41, 5.74) is 0.581. The minimum Gasteiger partial charge on any atom is -0.461 e. The van der Waals surface area contributed by atoms with Crippen molar-refractivity contribution in [2.75, 3.05) is 7.11 Å². The Morgan fingerprint density at radius 3 is 2.53 bits per heavy atom. The molecule has 3 heteroatoms. The fourth-order valence-corrected chi connectivity index (χ4v) is 1.04. The van der Waals surface area contributed by atoms with E-state index in [0.717, 1.165) is 6.29 Å². The normalized spacial score (nSPS) is 13.3. The Labute approximate surface area is 89.3 Å². The number of hydrogen-bond donors (Lipinski definition) is 0. The van der Waals surface area contributed by atoms with Gasteiger partial charge < -0.3 is 9.47 Å². The topological polar surface area (TPSA) is 35.5 Å². The predicted octanol–water partition coefficient (Wildman–Crippen LogP) is 2.18. The molecular formula is C12H14O3. The summed E-state index contributed by atoms with van der Waals surface area (Å²) < 4.78 is 10.5. The second kappa shape index (κ2) is 5.98. The van der Waals surface area contributed by atoms with Crippen molar-refractivity contribution < 1.29 is 14.3 Å². The van der Waals surface area contributed by atoms with E-state index in [1.54, 1.807) is 13.0 Å². The molecule has 3 nitrogen and oxygen atoms in total. The minimum absolute atomic E-state index is 0.530. The number of carbonyl (C=O) groups is 1. The molecule has 0 aromatic heterocycles. The first-order valence-corrected chi connectivity index (χ1v) is 4.64. The van der Waals surface area contributed by atoms with E-state index in [4.69, 9.17) is 9.47 Å². The molecule has 0 N–H and O–H groups in total. The summed E-state index contributed by atoms with van der Waals surface area (Å²) in [7, 11) is 1.53. The van der Waals surface area contributed by atoms with E-state index in [9.17, 15) is 4.79 Å².